The third-order valence-corrected chi connectivity index (χ3v) is 3.93. The molecule has 2 heteroatoms. The zero-order chi connectivity index (χ0) is 12.3. The average Bonchev–Trinajstić information content (AvgIpc) is 2.80. The largest absolute Gasteiger partial charge is 0.508 e. The van der Waals surface area contributed by atoms with Gasteiger partial charge in [-0.15, -0.1) is 0 Å². The van der Waals surface area contributed by atoms with E-state index in [1.807, 2.05) is 12.1 Å². The zero-order valence-corrected chi connectivity index (χ0v) is 10.9. The van der Waals surface area contributed by atoms with Crippen LogP contribution in [0.3, 0.4) is 0 Å². The fraction of sp³-hybridized carbons (Fsp3) is 0.600. The first-order chi connectivity index (χ1) is 8.20. The van der Waals surface area contributed by atoms with E-state index in [1.54, 1.807) is 12.1 Å². The van der Waals surface area contributed by atoms with Crippen molar-refractivity contribution in [2.45, 2.75) is 51.6 Å². The Labute approximate surface area is 104 Å². The predicted molar refractivity (Wildman–Crippen MR) is 71.3 cm³/mol. The Bertz CT molecular complexity index is 346. The highest BCUT2D eigenvalue weighted by Gasteiger charge is 2.26. The van der Waals surface area contributed by atoms with Crippen LogP contribution in [0.15, 0.2) is 24.3 Å². The summed E-state index contributed by atoms with van der Waals surface area (Å²) in [4.78, 5) is 2.65. The summed E-state index contributed by atoms with van der Waals surface area (Å²) in [5.74, 6) is 0.356. The van der Waals surface area contributed by atoms with Gasteiger partial charge in [-0.2, -0.15) is 0 Å². The number of phenols is 1. The first kappa shape index (κ1) is 12.4. The van der Waals surface area contributed by atoms with Gasteiger partial charge in [0.2, 0.25) is 0 Å². The van der Waals surface area contributed by atoms with E-state index in [0.29, 0.717) is 11.8 Å². The van der Waals surface area contributed by atoms with Crippen molar-refractivity contribution in [1.82, 2.24) is 4.90 Å². The van der Waals surface area contributed by atoms with Gasteiger partial charge < -0.3 is 5.11 Å². The predicted octanol–water partition coefficient (Wildman–Crippen LogP) is 3.20. The number of hydrogen-bond donors (Lipinski definition) is 1. The highest BCUT2D eigenvalue weighted by Crippen LogP contribution is 2.24. The topological polar surface area (TPSA) is 23.5 Å². The first-order valence-electron chi connectivity index (χ1n) is 6.74. The van der Waals surface area contributed by atoms with Crippen molar-refractivity contribution in [2.75, 3.05) is 6.54 Å². The first-order valence-corrected chi connectivity index (χ1v) is 6.74. The number of aromatic hydroxyl groups is 1. The van der Waals surface area contributed by atoms with Crippen LogP contribution in [0.5, 0.6) is 5.75 Å². The van der Waals surface area contributed by atoms with Crippen molar-refractivity contribution in [3.8, 4) is 5.75 Å². The summed E-state index contributed by atoms with van der Waals surface area (Å²) in [5.41, 5.74) is 1.32. The summed E-state index contributed by atoms with van der Waals surface area (Å²) in [6.07, 6.45) is 5.05. The Balaban J connectivity index is 1.96. The van der Waals surface area contributed by atoms with Gasteiger partial charge in [-0.3, -0.25) is 4.90 Å². The average molecular weight is 233 g/mol. The van der Waals surface area contributed by atoms with E-state index in [4.69, 9.17) is 0 Å². The number of nitrogens with zero attached hydrogens (tertiary/aromatic N) is 1. The van der Waals surface area contributed by atoms with Gasteiger partial charge in [0.05, 0.1) is 0 Å². The molecule has 0 saturated carbocycles. The third kappa shape index (κ3) is 3.01. The lowest BCUT2D eigenvalue weighted by atomic mass is 10.0. The number of likely N-dealkylation sites (tertiary alicyclic amines) is 1. The molecule has 1 aliphatic rings. The Morgan fingerprint density at radius 1 is 1.35 bits per heavy atom. The van der Waals surface area contributed by atoms with Crippen LogP contribution in [-0.2, 0) is 6.42 Å². The lowest BCUT2D eigenvalue weighted by Crippen LogP contribution is -2.38. The van der Waals surface area contributed by atoms with Crippen molar-refractivity contribution in [3.63, 3.8) is 0 Å². The van der Waals surface area contributed by atoms with Crippen LogP contribution in [0.25, 0.3) is 0 Å². The van der Waals surface area contributed by atoms with E-state index >= 15 is 0 Å². The molecule has 2 nitrogen and oxygen atoms in total. The summed E-state index contributed by atoms with van der Waals surface area (Å²) in [7, 11) is 0. The van der Waals surface area contributed by atoms with Crippen LogP contribution < -0.4 is 0 Å². The maximum absolute atomic E-state index is 9.27. The molecular formula is C15H23NO. The smallest absolute Gasteiger partial charge is 0.115 e. The highest BCUT2D eigenvalue weighted by atomic mass is 16.3. The van der Waals surface area contributed by atoms with Crippen molar-refractivity contribution >= 4 is 0 Å². The number of benzene rings is 1. The van der Waals surface area contributed by atoms with Crippen molar-refractivity contribution in [1.29, 1.82) is 0 Å². The number of rotatable bonds is 4. The van der Waals surface area contributed by atoms with Gasteiger partial charge in [0.25, 0.3) is 0 Å². The summed E-state index contributed by atoms with van der Waals surface area (Å²) >= 11 is 0. The molecule has 1 fully saturated rings. The molecule has 0 aliphatic carbocycles. The van der Waals surface area contributed by atoms with Crippen molar-refractivity contribution in [3.05, 3.63) is 29.8 Å². The standard InChI is InChI=1S/C15H23NO/c1-3-14-5-4-10-16(14)12(2)11-13-6-8-15(17)9-7-13/h6-9,12,14,17H,3-5,10-11H2,1-2H3. The minimum Gasteiger partial charge on any atom is -0.508 e. The van der Waals surface area contributed by atoms with Gasteiger partial charge in [0.15, 0.2) is 0 Å². The molecule has 1 saturated heterocycles. The van der Waals surface area contributed by atoms with Gasteiger partial charge in [0.1, 0.15) is 5.75 Å². The summed E-state index contributed by atoms with van der Waals surface area (Å²) in [6, 6.07) is 9.01. The van der Waals surface area contributed by atoms with E-state index in [0.717, 1.165) is 12.5 Å². The molecule has 0 bridgehead atoms. The molecule has 0 aromatic heterocycles. The highest BCUT2D eigenvalue weighted by molar-refractivity contribution is 5.26. The second-order valence-electron chi connectivity index (χ2n) is 5.16. The molecule has 1 aromatic carbocycles. The van der Waals surface area contributed by atoms with Crippen LogP contribution >= 0.6 is 0 Å². The van der Waals surface area contributed by atoms with Crippen LogP contribution in [0.2, 0.25) is 0 Å². The van der Waals surface area contributed by atoms with Gasteiger partial charge in [-0.1, -0.05) is 19.1 Å². The number of phenolic OH excluding ortho intramolecular Hbond substituents is 1. The summed E-state index contributed by atoms with van der Waals surface area (Å²) in [5, 5.41) is 9.27. The van der Waals surface area contributed by atoms with E-state index in [9.17, 15) is 5.11 Å². The molecule has 1 aromatic rings. The molecule has 1 heterocycles. The fourth-order valence-corrected chi connectivity index (χ4v) is 2.97. The van der Waals surface area contributed by atoms with Crippen molar-refractivity contribution < 1.29 is 5.11 Å². The maximum atomic E-state index is 9.27. The van der Waals surface area contributed by atoms with Crippen LogP contribution in [-0.4, -0.2) is 28.6 Å². The molecule has 2 atom stereocenters. The van der Waals surface area contributed by atoms with Gasteiger partial charge in [-0.05, 0) is 56.8 Å². The monoisotopic (exact) mass is 233 g/mol. The van der Waals surface area contributed by atoms with Gasteiger partial charge >= 0.3 is 0 Å². The van der Waals surface area contributed by atoms with E-state index in [-0.39, 0.29) is 0 Å². The molecule has 17 heavy (non-hydrogen) atoms. The van der Waals surface area contributed by atoms with E-state index in [1.165, 1.54) is 31.4 Å². The number of hydrogen-bond acceptors (Lipinski definition) is 2. The minimum absolute atomic E-state index is 0.356. The Morgan fingerprint density at radius 3 is 2.71 bits per heavy atom. The molecule has 0 spiro atoms. The SMILES string of the molecule is CCC1CCCN1C(C)Cc1ccc(O)cc1. The summed E-state index contributed by atoms with van der Waals surface area (Å²) in [6.45, 7) is 5.86. The maximum Gasteiger partial charge on any atom is 0.115 e. The van der Waals surface area contributed by atoms with Gasteiger partial charge in [0, 0.05) is 12.1 Å². The van der Waals surface area contributed by atoms with Crippen LogP contribution in [0.1, 0.15) is 38.7 Å². The quantitative estimate of drug-likeness (QED) is 0.863. The second-order valence-corrected chi connectivity index (χ2v) is 5.16. The van der Waals surface area contributed by atoms with E-state index in [2.05, 4.69) is 18.7 Å². The molecule has 1 N–H and O–H groups in total. The second kappa shape index (κ2) is 5.54. The third-order valence-electron chi connectivity index (χ3n) is 3.93. The normalized spacial score (nSPS) is 22.8. The molecule has 2 rings (SSSR count). The van der Waals surface area contributed by atoms with Crippen molar-refractivity contribution in [2.24, 2.45) is 0 Å². The van der Waals surface area contributed by atoms with E-state index < -0.39 is 0 Å². The lowest BCUT2D eigenvalue weighted by Gasteiger charge is -2.30. The van der Waals surface area contributed by atoms with Crippen LogP contribution in [0.4, 0.5) is 0 Å². The Hall–Kier alpha value is -1.02. The lowest BCUT2D eigenvalue weighted by molar-refractivity contribution is 0.186. The Kier molecular flexibility index (Phi) is 4.06. The molecule has 94 valence electrons. The van der Waals surface area contributed by atoms with Crippen LogP contribution in [0, 0.1) is 0 Å². The summed E-state index contributed by atoms with van der Waals surface area (Å²) < 4.78 is 0. The fourth-order valence-electron chi connectivity index (χ4n) is 2.97. The Morgan fingerprint density at radius 2 is 2.06 bits per heavy atom. The molecule has 0 amide bonds. The molecule has 1 aliphatic heterocycles. The molecule has 2 unspecified atom stereocenters. The molecule has 0 radical (unpaired) electrons. The minimum atomic E-state index is 0.356. The van der Waals surface area contributed by atoms with Gasteiger partial charge in [-0.25, -0.2) is 0 Å². The zero-order valence-electron chi connectivity index (χ0n) is 10.9. The molecular weight excluding hydrogens is 210 g/mol.